The summed E-state index contributed by atoms with van der Waals surface area (Å²) in [4.78, 5) is 0. The van der Waals surface area contributed by atoms with Crippen LogP contribution in [0.25, 0.3) is 0 Å². The van der Waals surface area contributed by atoms with E-state index in [9.17, 15) is 0 Å². The average Bonchev–Trinajstić information content (AvgIpc) is 1.75. The zero-order valence-electron chi connectivity index (χ0n) is 5.70. The fourth-order valence-electron chi connectivity index (χ4n) is 0.167. The van der Waals surface area contributed by atoms with E-state index in [1.165, 1.54) is 12.8 Å². The van der Waals surface area contributed by atoms with Gasteiger partial charge in [0.2, 0.25) is 0 Å². The van der Waals surface area contributed by atoms with Crippen LogP contribution < -0.4 is 0 Å². The fraction of sp³-hybridized carbons (Fsp3) is 1.00. The predicted octanol–water partition coefficient (Wildman–Crippen LogP) is 1.26. The summed E-state index contributed by atoms with van der Waals surface area (Å²) < 4.78 is 0. The summed E-state index contributed by atoms with van der Waals surface area (Å²) in [6.07, 6.45) is 2.97. The van der Waals surface area contributed by atoms with Gasteiger partial charge >= 0.3 is 23.1 Å². The van der Waals surface area contributed by atoms with Crippen LogP contribution in [0, 0.1) is 5.92 Å². The molecule has 0 aromatic rings. The van der Waals surface area contributed by atoms with E-state index in [0.29, 0.717) is 0 Å². The standard InChI is InChI=1S/C4H8.Mg.2H/c1-4-2-3-4;;;/h4H,2-3H2,1H3;;;/q;+2;2*-1. The maximum absolute atomic E-state index is 2.28. The van der Waals surface area contributed by atoms with E-state index >= 15 is 0 Å². The van der Waals surface area contributed by atoms with Crippen molar-refractivity contribution in [2.75, 3.05) is 0 Å². The Kier molecular flexibility index (Phi) is 2.34. The van der Waals surface area contributed by atoms with Crippen LogP contribution in [0.3, 0.4) is 0 Å². The first kappa shape index (κ1) is 5.77. The Morgan fingerprint density at radius 2 is 1.80 bits per heavy atom. The summed E-state index contributed by atoms with van der Waals surface area (Å²) in [5, 5.41) is 0. The van der Waals surface area contributed by atoms with E-state index in [-0.39, 0.29) is 25.9 Å². The third-order valence-electron chi connectivity index (χ3n) is 0.866. The minimum absolute atomic E-state index is 0. The van der Waals surface area contributed by atoms with Crippen LogP contribution in [0.2, 0.25) is 0 Å². The van der Waals surface area contributed by atoms with Crippen LogP contribution in [0.15, 0.2) is 0 Å². The Morgan fingerprint density at radius 1 is 1.60 bits per heavy atom. The van der Waals surface area contributed by atoms with Gasteiger partial charge in [0.1, 0.15) is 0 Å². The third kappa shape index (κ3) is 2.57. The number of hydrogen-bond acceptors (Lipinski definition) is 0. The van der Waals surface area contributed by atoms with Gasteiger partial charge in [0.15, 0.2) is 0 Å². The molecule has 0 aromatic heterocycles. The Balaban J connectivity index is -0.0000000533. The van der Waals surface area contributed by atoms with Crippen molar-refractivity contribution in [3.63, 3.8) is 0 Å². The molecule has 0 spiro atoms. The second-order valence-electron chi connectivity index (χ2n) is 1.68. The number of hydrogen-bond donors (Lipinski definition) is 0. The minimum Gasteiger partial charge on any atom is -1.00 e. The van der Waals surface area contributed by atoms with Crippen molar-refractivity contribution < 1.29 is 2.85 Å². The van der Waals surface area contributed by atoms with Crippen LogP contribution >= 0.6 is 0 Å². The molecule has 1 saturated carbocycles. The van der Waals surface area contributed by atoms with Crippen molar-refractivity contribution in [1.29, 1.82) is 0 Å². The topological polar surface area (TPSA) is 0 Å². The summed E-state index contributed by atoms with van der Waals surface area (Å²) >= 11 is 0. The van der Waals surface area contributed by atoms with Gasteiger partial charge in [0.25, 0.3) is 0 Å². The monoisotopic (exact) mass is 82.1 g/mol. The molecule has 1 aliphatic rings. The van der Waals surface area contributed by atoms with E-state index in [2.05, 4.69) is 6.92 Å². The van der Waals surface area contributed by atoms with E-state index < -0.39 is 0 Å². The Bertz CT molecular complexity index is 28.9. The fourth-order valence-corrected chi connectivity index (χ4v) is 0.167. The van der Waals surface area contributed by atoms with E-state index in [1.54, 1.807) is 0 Å². The Labute approximate surface area is 52.1 Å². The van der Waals surface area contributed by atoms with E-state index in [0.717, 1.165) is 5.92 Å². The Morgan fingerprint density at radius 3 is 1.80 bits per heavy atom. The van der Waals surface area contributed by atoms with Crippen molar-refractivity contribution in [2.24, 2.45) is 5.92 Å². The summed E-state index contributed by atoms with van der Waals surface area (Å²) in [6.45, 7) is 2.28. The maximum atomic E-state index is 2.28. The van der Waals surface area contributed by atoms with Crippen LogP contribution in [-0.4, -0.2) is 23.1 Å². The van der Waals surface area contributed by atoms with Gasteiger partial charge < -0.3 is 2.85 Å². The first-order valence-corrected chi connectivity index (χ1v) is 1.89. The van der Waals surface area contributed by atoms with Crippen molar-refractivity contribution in [1.82, 2.24) is 0 Å². The molecule has 28 valence electrons. The molecule has 0 N–H and O–H groups in total. The smallest absolute Gasteiger partial charge is 1.00 e. The molecule has 0 nitrogen and oxygen atoms in total. The largest absolute Gasteiger partial charge is 2.00 e. The first-order chi connectivity index (χ1) is 1.89. The van der Waals surface area contributed by atoms with Gasteiger partial charge in [-0.25, -0.2) is 0 Å². The quantitative estimate of drug-likeness (QED) is 0.386. The van der Waals surface area contributed by atoms with Crippen LogP contribution in [0.4, 0.5) is 0 Å². The summed E-state index contributed by atoms with van der Waals surface area (Å²) in [6, 6.07) is 0. The molecular formula is C4H10Mg. The van der Waals surface area contributed by atoms with Gasteiger partial charge in [0, 0.05) is 0 Å². The molecule has 0 unspecified atom stereocenters. The summed E-state index contributed by atoms with van der Waals surface area (Å²) in [7, 11) is 0. The van der Waals surface area contributed by atoms with Crippen LogP contribution in [-0.2, 0) is 0 Å². The van der Waals surface area contributed by atoms with Gasteiger partial charge in [-0.3, -0.25) is 0 Å². The zero-order valence-corrected chi connectivity index (χ0v) is 5.11. The second-order valence-corrected chi connectivity index (χ2v) is 1.68. The van der Waals surface area contributed by atoms with E-state index in [4.69, 9.17) is 0 Å². The van der Waals surface area contributed by atoms with Crippen LogP contribution in [0.1, 0.15) is 22.6 Å². The molecule has 1 fully saturated rings. The molecule has 1 aliphatic carbocycles. The summed E-state index contributed by atoms with van der Waals surface area (Å²) in [5.74, 6) is 1.08. The SMILES string of the molecule is CC1CC1.[H-].[H-].[Mg+2]. The molecule has 0 bridgehead atoms. The number of rotatable bonds is 0. The maximum Gasteiger partial charge on any atom is 2.00 e. The van der Waals surface area contributed by atoms with Crippen molar-refractivity contribution in [3.8, 4) is 0 Å². The summed E-state index contributed by atoms with van der Waals surface area (Å²) in [5.41, 5.74) is 0. The minimum atomic E-state index is 0. The van der Waals surface area contributed by atoms with Gasteiger partial charge in [-0.2, -0.15) is 0 Å². The molecule has 0 aliphatic heterocycles. The van der Waals surface area contributed by atoms with Gasteiger partial charge in [-0.15, -0.1) is 0 Å². The third-order valence-corrected chi connectivity index (χ3v) is 0.866. The van der Waals surface area contributed by atoms with Crippen LogP contribution in [0.5, 0.6) is 0 Å². The first-order valence-electron chi connectivity index (χ1n) is 1.89. The molecule has 0 aromatic carbocycles. The second kappa shape index (κ2) is 2.03. The molecule has 1 heteroatoms. The predicted molar refractivity (Wildman–Crippen MR) is 26.4 cm³/mol. The normalized spacial score (nSPS) is 21.0. The molecule has 5 heavy (non-hydrogen) atoms. The van der Waals surface area contributed by atoms with Gasteiger partial charge in [0.05, 0.1) is 0 Å². The Hall–Kier alpha value is 0.766. The van der Waals surface area contributed by atoms with Crippen molar-refractivity contribution in [2.45, 2.75) is 19.8 Å². The zero-order chi connectivity index (χ0) is 2.99. The molecule has 0 saturated heterocycles. The molecule has 0 atom stereocenters. The molecular weight excluding hydrogens is 72.3 g/mol. The van der Waals surface area contributed by atoms with Crippen molar-refractivity contribution >= 4 is 23.1 Å². The van der Waals surface area contributed by atoms with E-state index in [1.807, 2.05) is 0 Å². The molecule has 0 heterocycles. The van der Waals surface area contributed by atoms with Gasteiger partial charge in [-0.1, -0.05) is 19.8 Å². The molecule has 0 amide bonds. The molecule has 0 radical (unpaired) electrons. The average molecular weight is 82.4 g/mol. The molecule has 1 rings (SSSR count). The van der Waals surface area contributed by atoms with Crippen molar-refractivity contribution in [3.05, 3.63) is 0 Å². The van der Waals surface area contributed by atoms with Gasteiger partial charge in [-0.05, 0) is 5.92 Å².